The third-order valence-corrected chi connectivity index (χ3v) is 10.5. The highest BCUT2D eigenvalue weighted by atomic mass is 32.1. The zero-order valence-electron chi connectivity index (χ0n) is 25.1. The number of ether oxygens (including phenoxy) is 1. The predicted molar refractivity (Wildman–Crippen MR) is 172 cm³/mol. The van der Waals surface area contributed by atoms with Gasteiger partial charge in [0.1, 0.15) is 19.1 Å². The molecule has 0 saturated carbocycles. The molecule has 3 aromatic rings. The Hall–Kier alpha value is -2.55. The first-order chi connectivity index (χ1) is 20.1. The number of rotatable bonds is 9. The van der Waals surface area contributed by atoms with E-state index in [1.54, 1.807) is 69.4 Å². The maximum atomic E-state index is 14.6. The summed E-state index contributed by atoms with van der Waals surface area (Å²) >= 11 is 1.15. The van der Waals surface area contributed by atoms with Crippen LogP contribution in [-0.4, -0.2) is 66.8 Å². The van der Waals surface area contributed by atoms with Crippen LogP contribution in [0, 0.1) is 11.8 Å². The van der Waals surface area contributed by atoms with Crippen molar-refractivity contribution in [3.8, 4) is 17.6 Å². The van der Waals surface area contributed by atoms with Crippen molar-refractivity contribution in [3.63, 3.8) is 0 Å². The number of thiophene rings is 1. The maximum Gasteiger partial charge on any atom is 0.417 e. The van der Waals surface area contributed by atoms with Crippen LogP contribution in [0.15, 0.2) is 36.4 Å². The molecule has 6 nitrogen and oxygen atoms in total. The molecule has 3 unspecified atom stereocenters. The van der Waals surface area contributed by atoms with Crippen molar-refractivity contribution in [1.82, 2.24) is 5.32 Å². The minimum absolute atomic E-state index is 0.0169. The summed E-state index contributed by atoms with van der Waals surface area (Å²) in [7, 11) is -3.63. The quantitative estimate of drug-likeness (QED) is 0.0982. The van der Waals surface area contributed by atoms with Crippen LogP contribution in [0.25, 0.3) is 10.1 Å². The number of benzene rings is 2. The molecule has 0 spiro atoms. The molecule has 13 heteroatoms. The highest BCUT2D eigenvalue weighted by Crippen LogP contribution is 2.47. The monoisotopic (exact) mass is 655 g/mol. The molecule has 2 heterocycles. The van der Waals surface area contributed by atoms with Gasteiger partial charge in [0.2, 0.25) is 0 Å². The topological polar surface area (TPSA) is 71.6 Å². The van der Waals surface area contributed by atoms with Crippen LogP contribution in [0.4, 0.5) is 28.9 Å². The minimum atomic E-state index is -4.67. The fourth-order valence-electron chi connectivity index (χ4n) is 4.86. The first-order valence-corrected chi connectivity index (χ1v) is 20.8. The molecule has 3 N–H and O–H groups in total. The van der Waals surface area contributed by atoms with Gasteiger partial charge in [-0.3, -0.25) is 0 Å². The van der Waals surface area contributed by atoms with E-state index in [0.717, 1.165) is 11.3 Å². The number of alkyl halides is 4. The van der Waals surface area contributed by atoms with E-state index in [1.165, 1.54) is 7.11 Å². The Morgan fingerprint density at radius 1 is 1.19 bits per heavy atom. The number of piperidine rings is 1. The Morgan fingerprint density at radius 3 is 2.56 bits per heavy atom. The first-order valence-electron chi connectivity index (χ1n) is 14.0. The lowest BCUT2D eigenvalue weighted by atomic mass is 10.0. The second kappa shape index (κ2) is 13.2. The van der Waals surface area contributed by atoms with Gasteiger partial charge >= 0.3 is 6.18 Å². The van der Waals surface area contributed by atoms with E-state index < -0.39 is 40.0 Å². The molecular weight excluding hydrogens is 617 g/mol. The van der Waals surface area contributed by atoms with Gasteiger partial charge in [0, 0.05) is 22.8 Å². The zero-order valence-corrected chi connectivity index (χ0v) is 27.8. The van der Waals surface area contributed by atoms with Crippen LogP contribution >= 0.6 is 18.5 Å². The maximum absolute atomic E-state index is 14.6. The normalized spacial score (nSPS) is 18.6. The average molecular weight is 656 g/mol. The summed E-state index contributed by atoms with van der Waals surface area (Å²) in [6, 6.07) is 9.84. The van der Waals surface area contributed by atoms with E-state index in [2.05, 4.69) is 27.8 Å². The number of hydrogen-bond donors (Lipinski definition) is 3. The molecule has 1 aliphatic heterocycles. The summed E-state index contributed by atoms with van der Waals surface area (Å²) in [5.74, 6) is 6.42. The van der Waals surface area contributed by atoms with E-state index in [9.17, 15) is 22.1 Å². The molecule has 43 heavy (non-hydrogen) atoms. The third kappa shape index (κ3) is 8.34. The average Bonchev–Trinajstić information content (AvgIpc) is 3.28. The second-order valence-corrected chi connectivity index (χ2v) is 20.5. The third-order valence-electron chi connectivity index (χ3n) is 6.91. The van der Waals surface area contributed by atoms with Crippen LogP contribution < -0.4 is 26.0 Å². The van der Waals surface area contributed by atoms with Crippen molar-refractivity contribution in [1.29, 1.82) is 0 Å². The number of hydrogen-bond acceptors (Lipinski definition) is 7. The highest BCUT2D eigenvalue weighted by molar-refractivity contribution is 7.70. The van der Waals surface area contributed by atoms with E-state index >= 15 is 0 Å². The molecule has 0 aliphatic carbocycles. The van der Waals surface area contributed by atoms with Crippen molar-refractivity contribution < 1.29 is 31.3 Å². The largest absolute Gasteiger partial charge is 0.495 e. The van der Waals surface area contributed by atoms with Gasteiger partial charge in [-0.2, -0.15) is 13.2 Å². The van der Waals surface area contributed by atoms with E-state index in [0.29, 0.717) is 45.5 Å². The number of fused-ring (bicyclic) bond motifs is 1. The summed E-state index contributed by atoms with van der Waals surface area (Å²) in [6.07, 6.45) is -7.39. The molecule has 0 radical (unpaired) electrons. The number of halogens is 4. The molecule has 0 amide bonds. The van der Waals surface area contributed by atoms with E-state index in [4.69, 9.17) is 9.16 Å². The van der Waals surface area contributed by atoms with E-state index in [-0.39, 0.29) is 23.5 Å². The number of methoxy groups -OCH3 is 1. The van der Waals surface area contributed by atoms with Crippen molar-refractivity contribution in [2.45, 2.75) is 50.6 Å². The molecule has 2 aromatic carbocycles. The van der Waals surface area contributed by atoms with Crippen molar-refractivity contribution in [2.75, 3.05) is 50.7 Å². The lowest BCUT2D eigenvalue weighted by molar-refractivity contribution is -0.200. The highest BCUT2D eigenvalue weighted by Gasteiger charge is 2.46. The zero-order chi connectivity index (χ0) is 31.6. The van der Waals surface area contributed by atoms with Gasteiger partial charge in [-0.05, 0) is 70.2 Å². The molecule has 4 rings (SSSR count). The molecule has 1 fully saturated rings. The Bertz CT molecular complexity index is 1560. The molecule has 1 aromatic heterocycles. The summed E-state index contributed by atoms with van der Waals surface area (Å²) < 4.78 is 82.7. The summed E-state index contributed by atoms with van der Waals surface area (Å²) in [5, 5.41) is 10.5. The van der Waals surface area contributed by atoms with Crippen LogP contribution in [0.2, 0.25) is 19.6 Å². The molecule has 0 bridgehead atoms. The first kappa shape index (κ1) is 33.3. The molecule has 1 saturated heterocycles. The molecule has 3 atom stereocenters. The van der Waals surface area contributed by atoms with Gasteiger partial charge in [-0.25, -0.2) is 4.39 Å². The lowest BCUT2D eigenvalue weighted by Crippen LogP contribution is -2.45. The van der Waals surface area contributed by atoms with Gasteiger partial charge in [-0.1, -0.05) is 24.0 Å². The molecule has 234 valence electrons. The van der Waals surface area contributed by atoms with Crippen LogP contribution in [0.1, 0.15) is 23.0 Å². The molecular formula is C30H38F4N3O3PSSi. The van der Waals surface area contributed by atoms with Crippen LogP contribution in [0.5, 0.6) is 5.75 Å². The Balaban J connectivity index is 1.73. The fourth-order valence-corrected chi connectivity index (χ4v) is 7.86. The Kier molecular flexibility index (Phi) is 10.2. The lowest BCUT2D eigenvalue weighted by Gasteiger charge is -2.29. The van der Waals surface area contributed by atoms with Crippen molar-refractivity contribution in [2.24, 2.45) is 0 Å². The smallest absolute Gasteiger partial charge is 0.417 e. The molecule has 1 aliphatic rings. The van der Waals surface area contributed by atoms with Crippen LogP contribution in [-0.2, 0) is 8.99 Å². The second-order valence-electron chi connectivity index (χ2n) is 11.8. The van der Waals surface area contributed by atoms with Gasteiger partial charge in [0.25, 0.3) is 0 Å². The van der Waals surface area contributed by atoms with Gasteiger partial charge < -0.3 is 29.7 Å². The summed E-state index contributed by atoms with van der Waals surface area (Å²) in [6.45, 7) is 9.49. The standard InChI is InChI=1S/C30H38F4N3O3PSSi/c1-39-25-17-19(41(2,3)38)12-13-23(25)36-15-8-11-26-27(29(30(32,33)34)40-43(4,5)6)20-9-7-10-24(28(20)42-26)37-22-14-16-35-18-21(22)31/h7,9-10,12-13,17,21-22,29,35-37H,14-16,18H2,1-6H3. The van der Waals surface area contributed by atoms with Gasteiger partial charge in [-0.15, -0.1) is 11.3 Å². The number of anilines is 2. The van der Waals surface area contributed by atoms with Crippen molar-refractivity contribution >= 4 is 53.6 Å². The number of nitrogens with one attached hydrogen (secondary N) is 3. The van der Waals surface area contributed by atoms with Gasteiger partial charge in [0.05, 0.1) is 40.6 Å². The summed E-state index contributed by atoms with van der Waals surface area (Å²) in [4.78, 5) is 0.244. The summed E-state index contributed by atoms with van der Waals surface area (Å²) in [5.41, 5.74) is 1.18. The Labute approximate surface area is 255 Å². The fraction of sp³-hybridized carbons (Fsp3) is 0.467. The van der Waals surface area contributed by atoms with Crippen LogP contribution in [0.3, 0.4) is 0 Å². The predicted octanol–water partition coefficient (Wildman–Crippen LogP) is 7.19. The minimum Gasteiger partial charge on any atom is -0.495 e. The SMILES string of the molecule is COc1cc(P(C)(C)=O)ccc1NCC#Cc1sc2c(NC3CCNCC3F)cccc2c1C(O[Si](C)(C)C)C(F)(F)F. The Morgan fingerprint density at radius 2 is 1.93 bits per heavy atom. The van der Waals surface area contributed by atoms with E-state index in [1.807, 2.05) is 0 Å². The van der Waals surface area contributed by atoms with Crippen molar-refractivity contribution in [3.05, 3.63) is 46.8 Å². The van der Waals surface area contributed by atoms with Gasteiger partial charge in [0.15, 0.2) is 14.4 Å².